The summed E-state index contributed by atoms with van der Waals surface area (Å²) in [5.41, 5.74) is 0. The molecule has 11 heavy (non-hydrogen) atoms. The first-order chi connectivity index (χ1) is 5.20. The number of alkyl halides is 2. The summed E-state index contributed by atoms with van der Waals surface area (Å²) in [7, 11) is 0. The van der Waals surface area contributed by atoms with Crippen molar-refractivity contribution in [2.24, 2.45) is 0 Å². The lowest BCUT2D eigenvalue weighted by Crippen LogP contribution is -2.15. The lowest BCUT2D eigenvalue weighted by Gasteiger charge is -2.06. The molecule has 1 unspecified atom stereocenters. The summed E-state index contributed by atoms with van der Waals surface area (Å²) in [5, 5.41) is 0.742. The first kappa shape index (κ1) is 11.2. The molecule has 0 radical (unpaired) electrons. The molecule has 0 fully saturated rings. The molecule has 0 heterocycles. The first-order valence-electron chi connectivity index (χ1n) is 3.20. The average Bonchev–Trinajstić information content (AvgIpc) is 2.01. The highest BCUT2D eigenvalue weighted by molar-refractivity contribution is 9.12. The maximum atomic E-state index is 10.6. The number of hydrogen-bond donors (Lipinski definition) is 0. The highest BCUT2D eigenvalue weighted by Crippen LogP contribution is 2.04. The Balaban J connectivity index is 3.30. The van der Waals surface area contributed by atoms with E-state index in [9.17, 15) is 4.79 Å². The second kappa shape index (κ2) is 6.91. The molecular weight excluding hydrogens is 280 g/mol. The van der Waals surface area contributed by atoms with Crippen molar-refractivity contribution in [3.8, 4) is 0 Å². The minimum absolute atomic E-state index is 0.145. The summed E-state index contributed by atoms with van der Waals surface area (Å²) in [4.78, 5) is 10.7. The van der Waals surface area contributed by atoms with Crippen molar-refractivity contribution in [2.45, 2.75) is 11.8 Å². The van der Waals surface area contributed by atoms with Gasteiger partial charge < -0.3 is 9.47 Å². The van der Waals surface area contributed by atoms with Gasteiger partial charge in [0.2, 0.25) is 0 Å². The average molecular weight is 290 g/mol. The Kier molecular flexibility index (Phi) is 7.06. The fraction of sp³-hybridized carbons (Fsp3) is 0.833. The van der Waals surface area contributed by atoms with Gasteiger partial charge in [-0.15, -0.1) is 0 Å². The number of ether oxygens (including phenoxy) is 2. The third kappa shape index (κ3) is 6.62. The van der Waals surface area contributed by atoms with Gasteiger partial charge in [-0.2, -0.15) is 0 Å². The van der Waals surface area contributed by atoms with Gasteiger partial charge >= 0.3 is 6.16 Å². The Bertz CT molecular complexity index is 118. The van der Waals surface area contributed by atoms with Crippen LogP contribution in [0.5, 0.6) is 0 Å². The zero-order valence-corrected chi connectivity index (χ0v) is 9.35. The summed E-state index contributed by atoms with van der Waals surface area (Å²) in [6, 6.07) is 0. The maximum absolute atomic E-state index is 10.6. The molecule has 0 aromatic heterocycles. The predicted molar refractivity (Wildman–Crippen MR) is 49.5 cm³/mol. The largest absolute Gasteiger partial charge is 0.508 e. The van der Waals surface area contributed by atoms with Crippen LogP contribution in [0, 0.1) is 0 Å². The van der Waals surface area contributed by atoms with E-state index in [0.717, 1.165) is 5.33 Å². The van der Waals surface area contributed by atoms with Crippen LogP contribution in [0.1, 0.15) is 6.92 Å². The van der Waals surface area contributed by atoms with Crippen molar-refractivity contribution >= 4 is 38.0 Å². The molecular formula is C6H10Br2O3. The highest BCUT2D eigenvalue weighted by Gasteiger charge is 2.06. The van der Waals surface area contributed by atoms with Gasteiger partial charge in [-0.3, -0.25) is 0 Å². The number of rotatable bonds is 4. The smallest absolute Gasteiger partial charge is 0.435 e. The van der Waals surface area contributed by atoms with E-state index >= 15 is 0 Å². The van der Waals surface area contributed by atoms with Gasteiger partial charge in [-0.1, -0.05) is 31.9 Å². The Morgan fingerprint density at radius 3 is 2.64 bits per heavy atom. The number of carbonyl (C=O) groups is 1. The van der Waals surface area contributed by atoms with Crippen LogP contribution in [0.2, 0.25) is 0 Å². The fourth-order valence-corrected chi connectivity index (χ4v) is 0.682. The Labute approximate surface area is 82.7 Å². The molecule has 0 aliphatic rings. The third-order valence-electron chi connectivity index (χ3n) is 0.812. The first-order valence-corrected chi connectivity index (χ1v) is 5.24. The number of carbonyl (C=O) groups excluding carboxylic acids is 1. The van der Waals surface area contributed by atoms with E-state index in [4.69, 9.17) is 4.74 Å². The monoisotopic (exact) mass is 288 g/mol. The Morgan fingerprint density at radius 1 is 1.55 bits per heavy atom. The summed E-state index contributed by atoms with van der Waals surface area (Å²) in [5.74, 6) is 0. The molecule has 0 spiro atoms. The van der Waals surface area contributed by atoms with Crippen LogP contribution in [-0.4, -0.2) is 29.5 Å². The van der Waals surface area contributed by atoms with Gasteiger partial charge in [0.05, 0.1) is 11.4 Å². The predicted octanol–water partition coefficient (Wildman–Crippen LogP) is 2.32. The van der Waals surface area contributed by atoms with Crippen molar-refractivity contribution in [1.82, 2.24) is 0 Å². The van der Waals surface area contributed by atoms with Crippen molar-refractivity contribution in [3.05, 3.63) is 0 Å². The molecule has 0 bridgehead atoms. The molecule has 1 atom stereocenters. The quantitative estimate of drug-likeness (QED) is 0.589. The lowest BCUT2D eigenvalue weighted by molar-refractivity contribution is 0.0606. The second-order valence-electron chi connectivity index (χ2n) is 1.75. The molecule has 0 aromatic carbocycles. The lowest BCUT2D eigenvalue weighted by atomic mass is 10.5. The normalized spacial score (nSPS) is 12.3. The topological polar surface area (TPSA) is 35.5 Å². The zero-order valence-electron chi connectivity index (χ0n) is 6.18. The van der Waals surface area contributed by atoms with Gasteiger partial charge in [0.15, 0.2) is 0 Å². The van der Waals surface area contributed by atoms with E-state index in [0.29, 0.717) is 13.2 Å². The van der Waals surface area contributed by atoms with Gasteiger partial charge in [0.1, 0.15) is 6.61 Å². The maximum Gasteiger partial charge on any atom is 0.508 e. The van der Waals surface area contributed by atoms with E-state index in [-0.39, 0.29) is 4.83 Å². The van der Waals surface area contributed by atoms with E-state index < -0.39 is 6.16 Å². The van der Waals surface area contributed by atoms with Crippen LogP contribution in [-0.2, 0) is 9.47 Å². The standard InChI is InChI=1S/C6H10Br2O3/c1-2-10-6(9)11-4-5(8)3-7/h5H,2-4H2,1H3. The molecule has 66 valence electrons. The van der Waals surface area contributed by atoms with Crippen molar-refractivity contribution in [3.63, 3.8) is 0 Å². The molecule has 0 N–H and O–H groups in total. The van der Waals surface area contributed by atoms with Crippen molar-refractivity contribution in [1.29, 1.82) is 0 Å². The molecule has 0 aromatic rings. The fourth-order valence-electron chi connectivity index (χ4n) is 0.363. The van der Waals surface area contributed by atoms with Crippen molar-refractivity contribution < 1.29 is 14.3 Å². The molecule has 0 saturated heterocycles. The van der Waals surface area contributed by atoms with Gasteiger partial charge in [-0.05, 0) is 6.92 Å². The van der Waals surface area contributed by atoms with Gasteiger partial charge in [0.25, 0.3) is 0 Å². The molecule has 0 saturated carbocycles. The molecule has 0 rings (SSSR count). The molecule has 3 nitrogen and oxygen atoms in total. The van der Waals surface area contributed by atoms with Crippen LogP contribution in [0.15, 0.2) is 0 Å². The Hall–Kier alpha value is 0.230. The minimum atomic E-state index is -0.613. The van der Waals surface area contributed by atoms with E-state index in [2.05, 4.69) is 36.6 Å². The number of hydrogen-bond acceptors (Lipinski definition) is 3. The molecule has 5 heteroatoms. The van der Waals surface area contributed by atoms with E-state index in [1.54, 1.807) is 6.92 Å². The third-order valence-corrected chi connectivity index (χ3v) is 3.05. The SMILES string of the molecule is CCOC(=O)OCC(Br)CBr. The van der Waals surface area contributed by atoms with Crippen LogP contribution in [0.4, 0.5) is 4.79 Å². The van der Waals surface area contributed by atoms with Gasteiger partial charge in [0, 0.05) is 5.33 Å². The summed E-state index contributed by atoms with van der Waals surface area (Å²) in [6.07, 6.45) is -0.613. The highest BCUT2D eigenvalue weighted by atomic mass is 79.9. The zero-order chi connectivity index (χ0) is 8.69. The van der Waals surface area contributed by atoms with Crippen LogP contribution < -0.4 is 0 Å². The van der Waals surface area contributed by atoms with E-state index in [1.165, 1.54) is 0 Å². The summed E-state index contributed by atoms with van der Waals surface area (Å²) in [6.45, 7) is 2.40. The van der Waals surface area contributed by atoms with Crippen LogP contribution in [0.3, 0.4) is 0 Å². The van der Waals surface area contributed by atoms with Crippen molar-refractivity contribution in [2.75, 3.05) is 18.5 Å². The molecule has 0 aliphatic carbocycles. The van der Waals surface area contributed by atoms with Crippen LogP contribution >= 0.6 is 31.9 Å². The Morgan fingerprint density at radius 2 is 2.18 bits per heavy atom. The van der Waals surface area contributed by atoms with Crippen LogP contribution in [0.25, 0.3) is 0 Å². The molecule has 0 amide bonds. The summed E-state index contributed by atoms with van der Waals surface area (Å²) >= 11 is 6.50. The summed E-state index contributed by atoms with van der Waals surface area (Å²) < 4.78 is 9.24. The van der Waals surface area contributed by atoms with Gasteiger partial charge in [-0.25, -0.2) is 4.79 Å². The minimum Gasteiger partial charge on any atom is -0.435 e. The molecule has 0 aliphatic heterocycles. The number of halogens is 2. The van der Waals surface area contributed by atoms with E-state index in [1.807, 2.05) is 0 Å². The second-order valence-corrected chi connectivity index (χ2v) is 3.69.